The van der Waals surface area contributed by atoms with Crippen molar-refractivity contribution in [1.29, 1.82) is 0 Å². The molecule has 33 heavy (non-hydrogen) atoms. The van der Waals surface area contributed by atoms with Gasteiger partial charge in [0.25, 0.3) is 0 Å². The number of hydrogen-bond acceptors (Lipinski definition) is 7. The average molecular weight is 489 g/mol. The first kappa shape index (κ1) is 32.0. The smallest absolute Gasteiger partial charge is 0.249 e. The number of carbonyl (C=O) groups excluding carboxylic acids is 3. The molecule has 0 rings (SSSR count). The van der Waals surface area contributed by atoms with Gasteiger partial charge >= 0.3 is 0 Å². The monoisotopic (exact) mass is 488 g/mol. The third-order valence-electron chi connectivity index (χ3n) is 5.88. The number of thioether (sulfide) groups is 1. The number of aliphatic hydroxyl groups excluding tert-OH is 2. The minimum atomic E-state index is -1.44. The average Bonchev–Trinajstić information content (AvgIpc) is 2.76. The van der Waals surface area contributed by atoms with Crippen molar-refractivity contribution in [2.75, 3.05) is 13.2 Å². The lowest BCUT2D eigenvalue weighted by molar-refractivity contribution is -0.137. The third-order valence-corrected chi connectivity index (χ3v) is 6.77. The highest BCUT2D eigenvalue weighted by Gasteiger charge is 2.34. The van der Waals surface area contributed by atoms with Crippen molar-refractivity contribution in [2.45, 2.75) is 116 Å². The van der Waals surface area contributed by atoms with Crippen LogP contribution in [0.25, 0.3) is 0 Å². The highest BCUT2D eigenvalue weighted by molar-refractivity contribution is 8.14. The minimum Gasteiger partial charge on any atom is -0.396 e. The number of ketones is 1. The molecule has 0 bridgehead atoms. The number of hydrogen-bond donors (Lipinski definition) is 4. The Morgan fingerprint density at radius 1 is 0.939 bits per heavy atom. The van der Waals surface area contributed by atoms with E-state index in [1.54, 1.807) is 20.8 Å². The quantitative estimate of drug-likeness (QED) is 0.116. The molecule has 0 aromatic carbocycles. The van der Waals surface area contributed by atoms with Gasteiger partial charge in [-0.25, -0.2) is 0 Å². The van der Waals surface area contributed by atoms with E-state index in [1.807, 2.05) is 0 Å². The molecule has 0 radical (unpaired) electrons. The summed E-state index contributed by atoms with van der Waals surface area (Å²) in [5, 5.41) is 21.1. The summed E-state index contributed by atoms with van der Waals surface area (Å²) in [6.45, 7) is 6.46. The second kappa shape index (κ2) is 18.4. The van der Waals surface area contributed by atoms with Crippen LogP contribution >= 0.6 is 11.8 Å². The molecule has 0 fully saturated rings. The second-order valence-electron chi connectivity index (χ2n) is 9.74. The maximum Gasteiger partial charge on any atom is 0.249 e. The molecular weight excluding hydrogens is 440 g/mol. The van der Waals surface area contributed by atoms with Crippen molar-refractivity contribution >= 4 is 28.6 Å². The first-order chi connectivity index (χ1) is 15.6. The highest BCUT2D eigenvalue weighted by Crippen LogP contribution is 2.21. The molecule has 0 aliphatic rings. The van der Waals surface area contributed by atoms with E-state index in [4.69, 9.17) is 5.73 Å². The maximum atomic E-state index is 12.7. The van der Waals surface area contributed by atoms with Gasteiger partial charge in [0.05, 0.1) is 12.0 Å². The van der Waals surface area contributed by atoms with E-state index in [1.165, 1.54) is 51.4 Å². The van der Waals surface area contributed by atoms with E-state index in [2.05, 4.69) is 12.2 Å². The molecule has 8 heteroatoms. The summed E-state index contributed by atoms with van der Waals surface area (Å²) < 4.78 is 0. The van der Waals surface area contributed by atoms with Gasteiger partial charge in [0.1, 0.15) is 17.8 Å². The van der Waals surface area contributed by atoms with Crippen molar-refractivity contribution in [2.24, 2.45) is 17.1 Å². The standard InChI is InChI=1S/C25H48N2O5S/c1-5-6-7-8-9-10-11-12-13-14-15-16-21(29)20(24(32)33-19(2)26)17-27-23(31)22(30)25(3,4)18-28/h19-20,22,28,30H,5-18,26H2,1-4H3,(H,27,31)/t19?,20?,22-/m0/s1. The molecule has 3 atom stereocenters. The lowest BCUT2D eigenvalue weighted by Crippen LogP contribution is -2.48. The third kappa shape index (κ3) is 14.8. The summed E-state index contributed by atoms with van der Waals surface area (Å²) in [5.74, 6) is -1.90. The van der Waals surface area contributed by atoms with Crippen LogP contribution in [-0.2, 0) is 14.4 Å². The molecule has 0 aliphatic carbocycles. The van der Waals surface area contributed by atoms with Gasteiger partial charge in [-0.3, -0.25) is 14.4 Å². The number of carbonyl (C=O) groups is 3. The highest BCUT2D eigenvalue weighted by atomic mass is 32.2. The molecule has 0 heterocycles. The van der Waals surface area contributed by atoms with Crippen LogP contribution in [0.5, 0.6) is 0 Å². The van der Waals surface area contributed by atoms with Crippen LogP contribution in [0.2, 0.25) is 0 Å². The lowest BCUT2D eigenvalue weighted by atomic mass is 9.87. The van der Waals surface area contributed by atoms with E-state index < -0.39 is 28.7 Å². The topological polar surface area (TPSA) is 130 Å². The normalized spacial score (nSPS) is 14.5. The Kier molecular flexibility index (Phi) is 17.8. The zero-order valence-corrected chi connectivity index (χ0v) is 22.1. The van der Waals surface area contributed by atoms with Gasteiger partial charge in [-0.2, -0.15) is 0 Å². The zero-order valence-electron chi connectivity index (χ0n) is 21.2. The van der Waals surface area contributed by atoms with Crippen molar-refractivity contribution < 1.29 is 24.6 Å². The first-order valence-electron chi connectivity index (χ1n) is 12.6. The van der Waals surface area contributed by atoms with Gasteiger partial charge in [0, 0.05) is 18.4 Å². The second-order valence-corrected chi connectivity index (χ2v) is 11.1. The molecular formula is C25H48N2O5S. The van der Waals surface area contributed by atoms with E-state index in [0.29, 0.717) is 0 Å². The van der Waals surface area contributed by atoms with Crippen LogP contribution in [0.4, 0.5) is 0 Å². The Morgan fingerprint density at radius 3 is 1.88 bits per heavy atom. The fourth-order valence-electron chi connectivity index (χ4n) is 3.47. The number of rotatable bonds is 20. The predicted molar refractivity (Wildman–Crippen MR) is 136 cm³/mol. The van der Waals surface area contributed by atoms with E-state index in [0.717, 1.165) is 31.0 Å². The molecule has 0 aromatic rings. The number of aliphatic hydroxyl groups is 2. The minimum absolute atomic E-state index is 0.174. The van der Waals surface area contributed by atoms with Crippen LogP contribution in [0, 0.1) is 11.3 Å². The number of nitrogens with one attached hydrogen (secondary N) is 1. The Hall–Kier alpha value is -0.960. The summed E-state index contributed by atoms with van der Waals surface area (Å²) in [6, 6.07) is 0. The van der Waals surface area contributed by atoms with E-state index in [9.17, 15) is 24.6 Å². The van der Waals surface area contributed by atoms with Gasteiger partial charge in [0.2, 0.25) is 11.0 Å². The fourth-order valence-corrected chi connectivity index (χ4v) is 4.22. The van der Waals surface area contributed by atoms with Crippen molar-refractivity contribution in [3.05, 3.63) is 0 Å². The van der Waals surface area contributed by atoms with Gasteiger partial charge in [-0.15, -0.1) is 0 Å². The lowest BCUT2D eigenvalue weighted by Gasteiger charge is -2.27. The Bertz CT molecular complexity index is 569. The van der Waals surface area contributed by atoms with Crippen LogP contribution in [0.15, 0.2) is 0 Å². The molecule has 0 aromatic heterocycles. The summed E-state index contributed by atoms with van der Waals surface area (Å²) in [7, 11) is 0. The Morgan fingerprint density at radius 2 is 1.42 bits per heavy atom. The first-order valence-corrected chi connectivity index (χ1v) is 13.5. The molecule has 0 saturated heterocycles. The van der Waals surface area contributed by atoms with Gasteiger partial charge in [-0.05, 0) is 13.3 Å². The van der Waals surface area contributed by atoms with E-state index >= 15 is 0 Å². The number of unbranched alkanes of at least 4 members (excludes halogenated alkanes) is 10. The van der Waals surface area contributed by atoms with Crippen LogP contribution in [0.3, 0.4) is 0 Å². The van der Waals surface area contributed by atoms with Crippen molar-refractivity contribution in [3.63, 3.8) is 0 Å². The summed E-state index contributed by atoms with van der Waals surface area (Å²) in [5.41, 5.74) is 4.68. The Balaban J connectivity index is 4.44. The SMILES string of the molecule is CCCCCCCCCCCCCC(=O)C(CNC(=O)[C@H](O)C(C)(C)CO)C(=O)SC(C)N. The molecule has 194 valence electrons. The van der Waals surface area contributed by atoms with Gasteiger partial charge in [0.15, 0.2) is 0 Å². The van der Waals surface area contributed by atoms with Crippen molar-refractivity contribution in [1.82, 2.24) is 5.32 Å². The molecule has 7 nitrogen and oxygen atoms in total. The maximum absolute atomic E-state index is 12.7. The summed E-state index contributed by atoms with van der Waals surface area (Å²) in [4.78, 5) is 37.5. The zero-order chi connectivity index (χ0) is 25.3. The number of amides is 1. The van der Waals surface area contributed by atoms with Crippen LogP contribution < -0.4 is 11.1 Å². The summed E-state index contributed by atoms with van der Waals surface area (Å²) in [6.07, 6.45) is 11.8. The predicted octanol–water partition coefficient (Wildman–Crippen LogP) is 3.93. The number of Topliss-reactive ketones (excluding diaryl/α,β-unsaturated/α-hetero) is 1. The van der Waals surface area contributed by atoms with Crippen LogP contribution in [0.1, 0.15) is 105 Å². The van der Waals surface area contributed by atoms with Gasteiger partial charge < -0.3 is 21.3 Å². The molecule has 0 saturated carbocycles. The molecule has 5 N–H and O–H groups in total. The largest absolute Gasteiger partial charge is 0.396 e. The van der Waals surface area contributed by atoms with Gasteiger partial charge in [-0.1, -0.05) is 96.7 Å². The fraction of sp³-hybridized carbons (Fsp3) is 0.880. The summed E-state index contributed by atoms with van der Waals surface area (Å²) >= 11 is 0.885. The van der Waals surface area contributed by atoms with E-state index in [-0.39, 0.29) is 30.5 Å². The molecule has 1 amide bonds. The van der Waals surface area contributed by atoms with Crippen molar-refractivity contribution in [3.8, 4) is 0 Å². The molecule has 2 unspecified atom stereocenters. The Labute approximate surface area is 205 Å². The molecule has 0 aliphatic heterocycles. The molecule has 0 spiro atoms. The number of nitrogens with two attached hydrogens (primary N) is 1. The van der Waals surface area contributed by atoms with Crippen LogP contribution in [-0.4, -0.2) is 51.6 Å².